The quantitative estimate of drug-likeness (QED) is 0.849. The summed E-state index contributed by atoms with van der Waals surface area (Å²) in [6, 6.07) is 5.92. The number of rotatable bonds is 2. The second-order valence-electron chi connectivity index (χ2n) is 6.31. The molecular weight excluding hydrogens is 264 g/mol. The van der Waals surface area contributed by atoms with Crippen molar-refractivity contribution in [2.45, 2.75) is 58.0 Å². The summed E-state index contributed by atoms with van der Waals surface area (Å²) in [6.07, 6.45) is 4.76. The van der Waals surface area contributed by atoms with Gasteiger partial charge in [0.1, 0.15) is 5.54 Å². The molecule has 1 aliphatic carbocycles. The molecule has 1 spiro atoms. The van der Waals surface area contributed by atoms with Crippen LogP contribution in [0.15, 0.2) is 18.2 Å². The van der Waals surface area contributed by atoms with Crippen LogP contribution in [0.4, 0.5) is 4.79 Å². The van der Waals surface area contributed by atoms with Crippen LogP contribution in [-0.2, 0) is 11.3 Å². The van der Waals surface area contributed by atoms with Crippen LogP contribution in [0.2, 0.25) is 0 Å². The van der Waals surface area contributed by atoms with Gasteiger partial charge in [0.25, 0.3) is 5.91 Å². The van der Waals surface area contributed by atoms with Gasteiger partial charge in [-0.05, 0) is 43.4 Å². The molecule has 0 aromatic heterocycles. The molecule has 21 heavy (non-hydrogen) atoms. The first-order valence-corrected chi connectivity index (χ1v) is 7.73. The van der Waals surface area contributed by atoms with E-state index in [1.165, 1.54) is 11.1 Å². The second-order valence-corrected chi connectivity index (χ2v) is 6.31. The highest BCUT2D eigenvalue weighted by Gasteiger charge is 2.52. The molecule has 4 nitrogen and oxygen atoms in total. The number of carbonyl (C=O) groups excluding carboxylic acids is 2. The number of hydrogen-bond donors (Lipinski definition) is 1. The number of urea groups is 1. The van der Waals surface area contributed by atoms with E-state index in [4.69, 9.17) is 0 Å². The molecule has 1 saturated carbocycles. The molecule has 0 bridgehead atoms. The van der Waals surface area contributed by atoms with E-state index in [2.05, 4.69) is 31.3 Å². The normalized spacial score (nSPS) is 21.0. The van der Waals surface area contributed by atoms with Crippen molar-refractivity contribution in [1.82, 2.24) is 10.2 Å². The lowest BCUT2D eigenvalue weighted by Gasteiger charge is -2.38. The van der Waals surface area contributed by atoms with Gasteiger partial charge in [-0.15, -0.1) is 0 Å². The van der Waals surface area contributed by atoms with Crippen LogP contribution in [0.1, 0.15) is 48.8 Å². The molecule has 2 aliphatic rings. The number of carbonyl (C=O) groups is 2. The number of aryl methyl sites for hydroxylation is 2. The van der Waals surface area contributed by atoms with Gasteiger partial charge in [-0.1, -0.05) is 37.5 Å². The lowest BCUT2D eigenvalue weighted by molar-refractivity contribution is -0.128. The summed E-state index contributed by atoms with van der Waals surface area (Å²) >= 11 is 0. The van der Waals surface area contributed by atoms with Crippen LogP contribution >= 0.6 is 0 Å². The fourth-order valence-electron chi connectivity index (χ4n) is 3.71. The largest absolute Gasteiger partial charge is 0.325 e. The van der Waals surface area contributed by atoms with Gasteiger partial charge in [0.15, 0.2) is 0 Å². The Morgan fingerprint density at radius 2 is 1.71 bits per heavy atom. The predicted octanol–water partition coefficient (Wildman–Crippen LogP) is 3.06. The molecule has 4 heteroatoms. The first-order chi connectivity index (χ1) is 10.0. The maximum absolute atomic E-state index is 12.4. The van der Waals surface area contributed by atoms with Gasteiger partial charge in [0.05, 0.1) is 0 Å². The van der Waals surface area contributed by atoms with Crippen LogP contribution in [-0.4, -0.2) is 22.4 Å². The highest BCUT2D eigenvalue weighted by atomic mass is 16.2. The first-order valence-electron chi connectivity index (χ1n) is 7.73. The Bertz CT molecular complexity index is 568. The van der Waals surface area contributed by atoms with Gasteiger partial charge in [0, 0.05) is 6.54 Å². The summed E-state index contributed by atoms with van der Waals surface area (Å²) in [5.74, 6) is -0.0987. The Morgan fingerprint density at radius 3 is 2.33 bits per heavy atom. The van der Waals surface area contributed by atoms with Gasteiger partial charge >= 0.3 is 6.03 Å². The predicted molar refractivity (Wildman–Crippen MR) is 80.8 cm³/mol. The van der Waals surface area contributed by atoms with E-state index in [0.29, 0.717) is 6.54 Å². The fraction of sp³-hybridized carbons (Fsp3) is 0.529. The number of nitrogens with one attached hydrogen (secondary N) is 1. The third-order valence-electron chi connectivity index (χ3n) is 5.05. The fourth-order valence-corrected chi connectivity index (χ4v) is 3.71. The number of benzene rings is 1. The average Bonchev–Trinajstić information content (AvgIpc) is 2.67. The number of amides is 3. The van der Waals surface area contributed by atoms with Crippen molar-refractivity contribution in [3.05, 3.63) is 34.9 Å². The topological polar surface area (TPSA) is 49.4 Å². The molecule has 0 radical (unpaired) electrons. The van der Waals surface area contributed by atoms with Crippen molar-refractivity contribution >= 4 is 11.9 Å². The van der Waals surface area contributed by atoms with Crippen LogP contribution in [0.3, 0.4) is 0 Å². The molecule has 1 saturated heterocycles. The van der Waals surface area contributed by atoms with Crippen LogP contribution < -0.4 is 5.32 Å². The summed E-state index contributed by atoms with van der Waals surface area (Å²) in [6.45, 7) is 4.65. The van der Waals surface area contributed by atoms with Gasteiger partial charge in [-0.2, -0.15) is 0 Å². The van der Waals surface area contributed by atoms with Crippen molar-refractivity contribution in [2.24, 2.45) is 0 Å². The van der Waals surface area contributed by atoms with Crippen molar-refractivity contribution < 1.29 is 9.59 Å². The summed E-state index contributed by atoms with van der Waals surface area (Å²) in [5, 5.41) is 2.53. The minimum atomic E-state index is -0.607. The number of imide groups is 1. The minimum absolute atomic E-state index is 0.0987. The van der Waals surface area contributed by atoms with E-state index in [-0.39, 0.29) is 11.9 Å². The summed E-state index contributed by atoms with van der Waals surface area (Å²) < 4.78 is 0. The molecule has 0 atom stereocenters. The number of nitrogens with zero attached hydrogens (tertiary/aromatic N) is 1. The van der Waals surface area contributed by atoms with Gasteiger partial charge in [-0.25, -0.2) is 4.79 Å². The Morgan fingerprint density at radius 1 is 1.10 bits per heavy atom. The maximum Gasteiger partial charge on any atom is 0.325 e. The van der Waals surface area contributed by atoms with E-state index in [1.807, 2.05) is 6.07 Å². The van der Waals surface area contributed by atoms with Crippen molar-refractivity contribution in [3.8, 4) is 0 Å². The van der Waals surface area contributed by atoms with E-state index in [0.717, 1.165) is 37.7 Å². The molecule has 0 unspecified atom stereocenters. The molecule has 3 rings (SSSR count). The van der Waals surface area contributed by atoms with E-state index >= 15 is 0 Å². The molecule has 2 fully saturated rings. The van der Waals surface area contributed by atoms with Gasteiger partial charge in [-0.3, -0.25) is 10.1 Å². The molecule has 112 valence electrons. The lowest BCUT2D eigenvalue weighted by atomic mass is 9.80. The zero-order valence-electron chi connectivity index (χ0n) is 12.7. The third kappa shape index (κ3) is 2.23. The molecule has 1 heterocycles. The minimum Gasteiger partial charge on any atom is -0.305 e. The molecule has 1 aromatic rings. The van der Waals surface area contributed by atoms with Crippen molar-refractivity contribution in [1.29, 1.82) is 0 Å². The zero-order chi connectivity index (χ0) is 15.0. The first kappa shape index (κ1) is 14.1. The van der Waals surface area contributed by atoms with Crippen LogP contribution in [0.5, 0.6) is 0 Å². The Hall–Kier alpha value is -1.84. The summed E-state index contributed by atoms with van der Waals surface area (Å²) in [4.78, 5) is 26.4. The van der Waals surface area contributed by atoms with Crippen molar-refractivity contribution in [3.63, 3.8) is 0 Å². The standard InChI is InChI=1S/C17H22N2O2/c1-12-7-6-8-13(2)14(12)11-19-16(21)18-15(20)17(19)9-4-3-5-10-17/h6-8H,3-5,9-11H2,1-2H3,(H,18,20,21). The second kappa shape index (κ2) is 5.17. The van der Waals surface area contributed by atoms with Gasteiger partial charge < -0.3 is 4.90 Å². The smallest absolute Gasteiger partial charge is 0.305 e. The highest BCUT2D eigenvalue weighted by Crippen LogP contribution is 2.38. The Kier molecular flexibility index (Phi) is 3.47. The molecule has 1 N–H and O–H groups in total. The zero-order valence-corrected chi connectivity index (χ0v) is 12.7. The monoisotopic (exact) mass is 286 g/mol. The Balaban J connectivity index is 1.95. The molecule has 3 amide bonds. The van der Waals surface area contributed by atoms with Crippen molar-refractivity contribution in [2.75, 3.05) is 0 Å². The maximum atomic E-state index is 12.4. The average molecular weight is 286 g/mol. The highest BCUT2D eigenvalue weighted by molar-refractivity contribution is 6.07. The van der Waals surface area contributed by atoms with E-state index < -0.39 is 5.54 Å². The molecule has 1 aliphatic heterocycles. The lowest BCUT2D eigenvalue weighted by Crippen LogP contribution is -2.50. The molecular formula is C17H22N2O2. The Labute approximate surface area is 125 Å². The van der Waals surface area contributed by atoms with E-state index in [1.54, 1.807) is 4.90 Å². The summed E-state index contributed by atoms with van der Waals surface area (Å²) in [5.41, 5.74) is 2.90. The van der Waals surface area contributed by atoms with Crippen LogP contribution in [0.25, 0.3) is 0 Å². The third-order valence-corrected chi connectivity index (χ3v) is 5.05. The molecule has 1 aromatic carbocycles. The summed E-state index contributed by atoms with van der Waals surface area (Å²) in [7, 11) is 0. The number of hydrogen-bond acceptors (Lipinski definition) is 2. The van der Waals surface area contributed by atoms with Gasteiger partial charge in [0.2, 0.25) is 0 Å². The SMILES string of the molecule is Cc1cccc(C)c1CN1C(=O)NC(=O)C12CCCCC2. The van der Waals surface area contributed by atoms with E-state index in [9.17, 15) is 9.59 Å². The van der Waals surface area contributed by atoms with Crippen LogP contribution in [0, 0.1) is 13.8 Å².